The van der Waals surface area contributed by atoms with Crippen molar-refractivity contribution in [2.24, 2.45) is 0 Å². The molecule has 17 heavy (non-hydrogen) atoms. The van der Waals surface area contributed by atoms with Gasteiger partial charge in [0.05, 0.1) is 0 Å². The lowest BCUT2D eigenvalue weighted by atomic mass is 10.0. The van der Waals surface area contributed by atoms with Crippen LogP contribution in [0.5, 0.6) is 0 Å². The fourth-order valence-corrected chi connectivity index (χ4v) is 1.50. The summed E-state index contributed by atoms with van der Waals surface area (Å²) in [5.41, 5.74) is 3.57. The molecule has 1 rings (SSSR count). The van der Waals surface area contributed by atoms with Gasteiger partial charge in [-0.2, -0.15) is 0 Å². The van der Waals surface area contributed by atoms with E-state index in [1.807, 2.05) is 43.6 Å². The van der Waals surface area contributed by atoms with Crippen LogP contribution in [0.3, 0.4) is 0 Å². The van der Waals surface area contributed by atoms with Crippen LogP contribution in [0.25, 0.3) is 6.08 Å². The Labute approximate surface area is 104 Å². The van der Waals surface area contributed by atoms with Gasteiger partial charge >= 0.3 is 0 Å². The summed E-state index contributed by atoms with van der Waals surface area (Å²) < 4.78 is 0. The largest absolute Gasteiger partial charge is 0.394 e. The van der Waals surface area contributed by atoms with E-state index in [1.54, 1.807) is 6.08 Å². The lowest BCUT2D eigenvalue weighted by Gasteiger charge is -2.02. The highest BCUT2D eigenvalue weighted by molar-refractivity contribution is 5.60. The van der Waals surface area contributed by atoms with Crippen molar-refractivity contribution in [2.75, 3.05) is 7.05 Å². The smallest absolute Gasteiger partial charge is 0.00277 e. The van der Waals surface area contributed by atoms with E-state index in [2.05, 4.69) is 37.0 Å². The van der Waals surface area contributed by atoms with Gasteiger partial charge in [-0.1, -0.05) is 55.1 Å². The summed E-state index contributed by atoms with van der Waals surface area (Å²) in [6.45, 7) is 5.84. The van der Waals surface area contributed by atoms with Crippen LogP contribution in [0.2, 0.25) is 0 Å². The minimum atomic E-state index is 1.15. The number of benzene rings is 1. The van der Waals surface area contributed by atoms with Gasteiger partial charge in [-0.05, 0) is 35.9 Å². The summed E-state index contributed by atoms with van der Waals surface area (Å²) in [6.07, 6.45) is 9.92. The fourth-order valence-electron chi connectivity index (χ4n) is 1.50. The van der Waals surface area contributed by atoms with Crippen molar-refractivity contribution in [2.45, 2.75) is 6.92 Å². The van der Waals surface area contributed by atoms with E-state index in [0.717, 1.165) is 5.57 Å². The maximum Gasteiger partial charge on any atom is 0.00277 e. The second-order valence-corrected chi connectivity index (χ2v) is 3.72. The zero-order valence-corrected chi connectivity index (χ0v) is 10.5. The third-order valence-corrected chi connectivity index (χ3v) is 2.37. The Morgan fingerprint density at radius 1 is 1.24 bits per heavy atom. The number of rotatable bonds is 5. The van der Waals surface area contributed by atoms with E-state index >= 15 is 0 Å². The molecule has 0 aromatic heterocycles. The van der Waals surface area contributed by atoms with Crippen LogP contribution < -0.4 is 5.32 Å². The molecule has 1 aromatic rings. The van der Waals surface area contributed by atoms with Crippen LogP contribution >= 0.6 is 0 Å². The van der Waals surface area contributed by atoms with Crippen LogP contribution in [0, 0.1) is 0 Å². The summed E-state index contributed by atoms with van der Waals surface area (Å²) in [5, 5.41) is 2.99. The van der Waals surface area contributed by atoms with E-state index < -0.39 is 0 Å². The van der Waals surface area contributed by atoms with E-state index in [9.17, 15) is 0 Å². The number of hydrogen-bond acceptors (Lipinski definition) is 1. The molecule has 0 unspecified atom stereocenters. The second kappa shape index (κ2) is 7.29. The molecule has 0 saturated carbocycles. The molecule has 0 saturated heterocycles. The van der Waals surface area contributed by atoms with Crippen molar-refractivity contribution in [1.29, 1.82) is 0 Å². The lowest BCUT2D eigenvalue weighted by Crippen LogP contribution is -1.92. The molecule has 0 bridgehead atoms. The molecule has 1 N–H and O–H groups in total. The quantitative estimate of drug-likeness (QED) is 0.748. The van der Waals surface area contributed by atoms with Gasteiger partial charge in [-0.25, -0.2) is 0 Å². The van der Waals surface area contributed by atoms with Crippen molar-refractivity contribution < 1.29 is 0 Å². The summed E-state index contributed by atoms with van der Waals surface area (Å²) in [5.74, 6) is 0. The molecule has 0 atom stereocenters. The highest BCUT2D eigenvalue weighted by Gasteiger charge is 1.95. The van der Waals surface area contributed by atoms with E-state index in [0.29, 0.717) is 0 Å². The third-order valence-electron chi connectivity index (χ3n) is 2.37. The number of nitrogens with one attached hydrogen (secondary N) is 1. The highest BCUT2D eigenvalue weighted by Crippen LogP contribution is 2.15. The van der Waals surface area contributed by atoms with Gasteiger partial charge in [0.15, 0.2) is 0 Å². The van der Waals surface area contributed by atoms with Crippen LogP contribution in [0.4, 0.5) is 0 Å². The first-order valence-electron chi connectivity index (χ1n) is 5.68. The Hall–Kier alpha value is -2.02. The van der Waals surface area contributed by atoms with Crippen molar-refractivity contribution >= 4 is 6.08 Å². The van der Waals surface area contributed by atoms with Crippen molar-refractivity contribution in [3.05, 3.63) is 78.0 Å². The average molecular weight is 225 g/mol. The Balaban J connectivity index is 2.96. The van der Waals surface area contributed by atoms with Crippen molar-refractivity contribution in [3.8, 4) is 0 Å². The highest BCUT2D eigenvalue weighted by atomic mass is 14.8. The molecule has 1 nitrogen and oxygen atoms in total. The number of allylic oxidation sites excluding steroid dienone is 5. The Bertz CT molecular complexity index is 436. The molecular weight excluding hydrogens is 206 g/mol. The second-order valence-electron chi connectivity index (χ2n) is 3.72. The van der Waals surface area contributed by atoms with Crippen LogP contribution in [-0.2, 0) is 0 Å². The Morgan fingerprint density at radius 2 is 1.94 bits per heavy atom. The zero-order chi connectivity index (χ0) is 12.5. The first kappa shape index (κ1) is 13.0. The molecule has 0 fully saturated rings. The summed E-state index contributed by atoms with van der Waals surface area (Å²) in [4.78, 5) is 0. The lowest BCUT2D eigenvalue weighted by molar-refractivity contribution is 1.10. The van der Waals surface area contributed by atoms with Gasteiger partial charge in [-0.15, -0.1) is 0 Å². The third kappa shape index (κ3) is 4.56. The Kier molecular flexibility index (Phi) is 5.59. The molecule has 88 valence electrons. The molecule has 0 amide bonds. The molecule has 1 heteroatoms. The van der Waals surface area contributed by atoms with Gasteiger partial charge in [0.25, 0.3) is 0 Å². The van der Waals surface area contributed by atoms with Crippen LogP contribution in [0.1, 0.15) is 12.5 Å². The first-order valence-corrected chi connectivity index (χ1v) is 5.68. The molecule has 0 spiro atoms. The summed E-state index contributed by atoms with van der Waals surface area (Å²) in [6, 6.07) is 10.3. The van der Waals surface area contributed by atoms with Gasteiger partial charge in [0.2, 0.25) is 0 Å². The summed E-state index contributed by atoms with van der Waals surface area (Å²) in [7, 11) is 1.89. The van der Waals surface area contributed by atoms with Gasteiger partial charge < -0.3 is 5.32 Å². The molecule has 0 aliphatic heterocycles. The normalized spacial score (nSPS) is 12.8. The average Bonchev–Trinajstić information content (AvgIpc) is 2.35. The first-order chi connectivity index (χ1) is 8.27. The molecule has 0 aliphatic carbocycles. The van der Waals surface area contributed by atoms with Gasteiger partial charge in [-0.3, -0.25) is 0 Å². The zero-order valence-electron chi connectivity index (χ0n) is 10.5. The molecule has 0 heterocycles. The Morgan fingerprint density at radius 3 is 2.53 bits per heavy atom. The maximum absolute atomic E-state index is 3.74. The topological polar surface area (TPSA) is 12.0 Å². The van der Waals surface area contributed by atoms with Crippen molar-refractivity contribution in [1.82, 2.24) is 5.32 Å². The fraction of sp³-hybridized carbons (Fsp3) is 0.125. The summed E-state index contributed by atoms with van der Waals surface area (Å²) >= 11 is 0. The van der Waals surface area contributed by atoms with Crippen molar-refractivity contribution in [3.63, 3.8) is 0 Å². The van der Waals surface area contributed by atoms with Crippen LogP contribution in [-0.4, -0.2) is 7.05 Å². The monoisotopic (exact) mass is 225 g/mol. The molecule has 1 aromatic carbocycles. The molecule has 0 radical (unpaired) electrons. The van der Waals surface area contributed by atoms with Gasteiger partial charge in [0, 0.05) is 7.05 Å². The molecular formula is C16H19N. The van der Waals surface area contributed by atoms with Crippen LogP contribution in [0.15, 0.2) is 72.5 Å². The van der Waals surface area contributed by atoms with E-state index in [1.165, 1.54) is 11.1 Å². The predicted molar refractivity (Wildman–Crippen MR) is 76.6 cm³/mol. The standard InChI is InChI=1S/C16H19N/c1-4-8-16(11-12-17-3)14(2)13-15-9-6-5-7-10-15/h4-13,17H,1H2,2-3H3/b12-11-,14-13?,16-8+. The van der Waals surface area contributed by atoms with E-state index in [-0.39, 0.29) is 0 Å². The SMILES string of the molecule is C=C/C=C(\C=C/NC)C(C)=Cc1ccccc1. The predicted octanol–water partition coefficient (Wildman–Crippen LogP) is 3.94. The van der Waals surface area contributed by atoms with Gasteiger partial charge in [0.1, 0.15) is 0 Å². The van der Waals surface area contributed by atoms with E-state index in [4.69, 9.17) is 0 Å². The minimum Gasteiger partial charge on any atom is -0.394 e. The molecule has 0 aliphatic rings. The number of hydrogen-bond donors (Lipinski definition) is 1. The maximum atomic E-state index is 3.74. The minimum absolute atomic E-state index is 1.15.